The van der Waals surface area contributed by atoms with E-state index < -0.39 is 11.8 Å². The summed E-state index contributed by atoms with van der Waals surface area (Å²) in [5.41, 5.74) is 3.36. The number of aryl methyl sites for hydroxylation is 1. The van der Waals surface area contributed by atoms with Crippen LogP contribution >= 0.6 is 11.3 Å². The molecule has 3 aromatic rings. The van der Waals surface area contributed by atoms with Crippen molar-refractivity contribution in [3.63, 3.8) is 0 Å². The number of hydrogen-bond acceptors (Lipinski definition) is 5. The second-order valence-electron chi connectivity index (χ2n) is 8.75. The van der Waals surface area contributed by atoms with Gasteiger partial charge in [-0.15, -0.1) is 11.3 Å². The topological polar surface area (TPSA) is 64.7 Å². The first kappa shape index (κ1) is 24.0. The molecule has 2 amide bonds. The van der Waals surface area contributed by atoms with Gasteiger partial charge in [-0.1, -0.05) is 54.1 Å². The third-order valence-corrected chi connectivity index (χ3v) is 7.22. The lowest BCUT2D eigenvalue weighted by atomic mass is 10.0. The fourth-order valence-corrected chi connectivity index (χ4v) is 5.38. The summed E-state index contributed by atoms with van der Waals surface area (Å²) in [7, 11) is 0. The van der Waals surface area contributed by atoms with Crippen LogP contribution in [0.3, 0.4) is 0 Å². The van der Waals surface area contributed by atoms with Crippen molar-refractivity contribution < 1.29 is 9.59 Å². The van der Waals surface area contributed by atoms with E-state index in [4.69, 9.17) is 0 Å². The maximum atomic E-state index is 12.7. The zero-order valence-corrected chi connectivity index (χ0v) is 20.6. The first-order valence-electron chi connectivity index (χ1n) is 11.7. The molecule has 0 bridgehead atoms. The Hall–Kier alpha value is -3.16. The summed E-state index contributed by atoms with van der Waals surface area (Å²) in [6.07, 6.45) is 0. The number of rotatable bonds is 7. The van der Waals surface area contributed by atoms with Crippen LogP contribution < -0.4 is 15.5 Å². The van der Waals surface area contributed by atoms with Gasteiger partial charge in [0.05, 0.1) is 6.04 Å². The second-order valence-corrected chi connectivity index (χ2v) is 9.73. The number of carbonyl (C=O) groups excluding carboxylic acids is 2. The lowest BCUT2D eigenvalue weighted by Gasteiger charge is -2.42. The standard InChI is InChI=1S/C27H32N4O2S/c1-20-10-12-22(13-11-20)19-28-26(32)27(33)29-21(2)25(24-9-6-18-34-24)31-16-14-30(15-17-31)23-7-4-3-5-8-23/h3-13,18,21,25H,14-17,19H2,1-2H3,(H,28,32)(H,29,33)/t21-,25-/m1/s1. The maximum Gasteiger partial charge on any atom is 0.309 e. The molecule has 1 fully saturated rings. The molecule has 0 unspecified atom stereocenters. The SMILES string of the molecule is Cc1ccc(CNC(=O)C(=O)N[C@H](C)[C@H](c2cccs2)N2CCN(c3ccccc3)CC2)cc1. The van der Waals surface area contributed by atoms with E-state index in [1.807, 2.05) is 50.2 Å². The van der Waals surface area contributed by atoms with Crippen molar-refractivity contribution in [3.8, 4) is 0 Å². The van der Waals surface area contributed by atoms with Gasteiger partial charge in [0.2, 0.25) is 0 Å². The van der Waals surface area contributed by atoms with E-state index in [1.54, 1.807) is 11.3 Å². The summed E-state index contributed by atoms with van der Waals surface area (Å²) in [4.78, 5) is 31.1. The predicted molar refractivity (Wildman–Crippen MR) is 138 cm³/mol. The Balaban J connectivity index is 1.36. The summed E-state index contributed by atoms with van der Waals surface area (Å²) in [6, 6.07) is 22.3. The summed E-state index contributed by atoms with van der Waals surface area (Å²) < 4.78 is 0. The summed E-state index contributed by atoms with van der Waals surface area (Å²) in [5.74, 6) is -1.20. The smallest absolute Gasteiger partial charge is 0.309 e. The normalized spacial score (nSPS) is 16.0. The van der Waals surface area contributed by atoms with Gasteiger partial charge in [-0.05, 0) is 43.0 Å². The van der Waals surface area contributed by atoms with Crippen LogP contribution in [0.4, 0.5) is 5.69 Å². The number of amides is 2. The molecule has 0 spiro atoms. The molecule has 1 aromatic heterocycles. The molecule has 34 heavy (non-hydrogen) atoms. The highest BCUT2D eigenvalue weighted by atomic mass is 32.1. The average Bonchev–Trinajstić information content (AvgIpc) is 3.39. The highest BCUT2D eigenvalue weighted by Crippen LogP contribution is 2.30. The van der Waals surface area contributed by atoms with Crippen LogP contribution in [0.5, 0.6) is 0 Å². The fourth-order valence-electron chi connectivity index (χ4n) is 4.42. The van der Waals surface area contributed by atoms with E-state index >= 15 is 0 Å². The molecule has 1 aliphatic rings. The molecule has 1 saturated heterocycles. The number of hydrogen-bond donors (Lipinski definition) is 2. The van der Waals surface area contributed by atoms with Crippen LogP contribution in [0, 0.1) is 6.92 Å². The van der Waals surface area contributed by atoms with Crippen molar-refractivity contribution in [2.75, 3.05) is 31.1 Å². The number of carbonyl (C=O) groups is 2. The number of anilines is 1. The number of piperazine rings is 1. The van der Waals surface area contributed by atoms with E-state index in [2.05, 4.69) is 56.1 Å². The molecule has 0 aliphatic carbocycles. The minimum absolute atomic E-state index is 0.0202. The van der Waals surface area contributed by atoms with Gasteiger partial charge in [0.25, 0.3) is 0 Å². The van der Waals surface area contributed by atoms with Crippen molar-refractivity contribution in [1.82, 2.24) is 15.5 Å². The van der Waals surface area contributed by atoms with E-state index in [0.717, 1.165) is 37.3 Å². The van der Waals surface area contributed by atoms with Crippen LogP contribution in [-0.2, 0) is 16.1 Å². The minimum atomic E-state index is -0.605. The van der Waals surface area contributed by atoms with Crippen molar-refractivity contribution in [2.24, 2.45) is 0 Å². The number of nitrogens with zero attached hydrogens (tertiary/aromatic N) is 2. The summed E-state index contributed by atoms with van der Waals surface area (Å²) >= 11 is 1.69. The van der Waals surface area contributed by atoms with Crippen molar-refractivity contribution in [2.45, 2.75) is 32.5 Å². The molecule has 7 heteroatoms. The Morgan fingerprint density at radius 3 is 2.26 bits per heavy atom. The predicted octanol–water partition coefficient (Wildman–Crippen LogP) is 3.74. The first-order chi connectivity index (χ1) is 16.5. The van der Waals surface area contributed by atoms with Gasteiger partial charge >= 0.3 is 11.8 Å². The van der Waals surface area contributed by atoms with Crippen LogP contribution in [0.25, 0.3) is 0 Å². The number of thiophene rings is 1. The average molecular weight is 477 g/mol. The van der Waals surface area contributed by atoms with Crippen LogP contribution in [0.1, 0.15) is 29.0 Å². The Kier molecular flexibility index (Phi) is 7.98. The minimum Gasteiger partial charge on any atom is -0.369 e. The molecule has 2 aromatic carbocycles. The van der Waals surface area contributed by atoms with Gasteiger partial charge in [0.15, 0.2) is 0 Å². The fraction of sp³-hybridized carbons (Fsp3) is 0.333. The summed E-state index contributed by atoms with van der Waals surface area (Å²) in [5, 5.41) is 7.75. The zero-order chi connectivity index (χ0) is 23.9. The van der Waals surface area contributed by atoms with Gasteiger partial charge in [-0.25, -0.2) is 0 Å². The highest BCUT2D eigenvalue weighted by Gasteiger charge is 2.31. The Bertz CT molecular complexity index is 1060. The molecular weight excluding hydrogens is 444 g/mol. The van der Waals surface area contributed by atoms with Crippen molar-refractivity contribution in [1.29, 1.82) is 0 Å². The van der Waals surface area contributed by atoms with Crippen LogP contribution in [0.2, 0.25) is 0 Å². The number of nitrogens with one attached hydrogen (secondary N) is 2. The van der Waals surface area contributed by atoms with Crippen LogP contribution in [-0.4, -0.2) is 48.9 Å². The second kappa shape index (κ2) is 11.3. The lowest BCUT2D eigenvalue weighted by Crippen LogP contribution is -2.53. The molecule has 2 heterocycles. The third kappa shape index (κ3) is 6.04. The molecule has 4 rings (SSSR count). The van der Waals surface area contributed by atoms with Crippen molar-refractivity contribution >= 4 is 28.8 Å². The van der Waals surface area contributed by atoms with Gasteiger partial charge in [-0.2, -0.15) is 0 Å². The third-order valence-electron chi connectivity index (χ3n) is 6.28. The quantitative estimate of drug-likeness (QED) is 0.510. The zero-order valence-electron chi connectivity index (χ0n) is 19.7. The molecule has 0 saturated carbocycles. The largest absolute Gasteiger partial charge is 0.369 e. The molecule has 0 radical (unpaired) electrons. The first-order valence-corrected chi connectivity index (χ1v) is 12.6. The van der Waals surface area contributed by atoms with Gasteiger partial charge < -0.3 is 15.5 Å². The van der Waals surface area contributed by atoms with E-state index in [-0.39, 0.29) is 12.1 Å². The lowest BCUT2D eigenvalue weighted by molar-refractivity contribution is -0.140. The Morgan fingerprint density at radius 2 is 1.62 bits per heavy atom. The van der Waals surface area contributed by atoms with Crippen molar-refractivity contribution in [3.05, 3.63) is 88.1 Å². The monoisotopic (exact) mass is 476 g/mol. The summed E-state index contributed by atoms with van der Waals surface area (Å²) in [6.45, 7) is 7.94. The molecule has 1 aliphatic heterocycles. The number of para-hydroxylation sites is 1. The Morgan fingerprint density at radius 1 is 0.912 bits per heavy atom. The molecule has 2 atom stereocenters. The highest BCUT2D eigenvalue weighted by molar-refractivity contribution is 7.10. The molecule has 2 N–H and O–H groups in total. The van der Waals surface area contributed by atoms with Gasteiger partial charge in [0, 0.05) is 49.3 Å². The van der Waals surface area contributed by atoms with E-state index in [1.165, 1.54) is 10.6 Å². The van der Waals surface area contributed by atoms with Crippen LogP contribution in [0.15, 0.2) is 72.1 Å². The van der Waals surface area contributed by atoms with E-state index in [9.17, 15) is 9.59 Å². The molecular formula is C27H32N4O2S. The van der Waals surface area contributed by atoms with E-state index in [0.29, 0.717) is 6.54 Å². The number of benzene rings is 2. The Labute approximate surface area is 205 Å². The molecule has 178 valence electrons. The van der Waals surface area contributed by atoms with Gasteiger partial charge in [0.1, 0.15) is 0 Å². The molecule has 6 nitrogen and oxygen atoms in total. The maximum absolute atomic E-state index is 12.7. The van der Waals surface area contributed by atoms with Gasteiger partial charge in [-0.3, -0.25) is 14.5 Å².